The molecule has 1 aromatic rings. The highest BCUT2D eigenvalue weighted by molar-refractivity contribution is 5.97. The molecule has 1 aromatic heterocycles. The number of nitrogens with one attached hydrogen (secondary N) is 1. The number of pyridine rings is 1. The van der Waals surface area contributed by atoms with E-state index in [0.29, 0.717) is 5.70 Å². The summed E-state index contributed by atoms with van der Waals surface area (Å²) in [6.45, 7) is 6.25. The molecule has 23 heavy (non-hydrogen) atoms. The molecule has 0 saturated heterocycles. The molecule has 0 bridgehead atoms. The van der Waals surface area contributed by atoms with Crippen LogP contribution in [0.4, 0.5) is 0 Å². The van der Waals surface area contributed by atoms with Gasteiger partial charge < -0.3 is 5.32 Å². The monoisotopic (exact) mass is 306 g/mol. The number of hydrogen-bond donors (Lipinski definition) is 1. The van der Waals surface area contributed by atoms with Crippen LogP contribution in [0.25, 0.3) is 0 Å². The van der Waals surface area contributed by atoms with E-state index in [1.165, 1.54) is 11.1 Å². The van der Waals surface area contributed by atoms with Crippen molar-refractivity contribution in [3.05, 3.63) is 64.3 Å². The number of hydrogen-bond acceptors (Lipinski definition) is 4. The number of amides is 1. The quantitative estimate of drug-likeness (QED) is 0.927. The minimum absolute atomic E-state index is 0.164. The number of fused-ring (bicyclic) bond motifs is 2. The van der Waals surface area contributed by atoms with E-state index in [9.17, 15) is 4.79 Å². The number of allylic oxidation sites excluding steroid dienone is 3. The number of aromatic nitrogens is 1. The van der Waals surface area contributed by atoms with Crippen LogP contribution in [-0.4, -0.2) is 10.9 Å². The van der Waals surface area contributed by atoms with Gasteiger partial charge in [-0.1, -0.05) is 26.8 Å². The first-order chi connectivity index (χ1) is 10.9. The van der Waals surface area contributed by atoms with E-state index in [1.54, 1.807) is 6.20 Å². The van der Waals surface area contributed by atoms with Crippen LogP contribution in [0.15, 0.2) is 68.8 Å². The molecule has 2 aliphatic carbocycles. The first-order valence-electron chi connectivity index (χ1n) is 7.77. The third-order valence-corrected chi connectivity index (χ3v) is 4.33. The molecule has 3 aliphatic rings. The molecule has 0 unspecified atom stereocenters. The molecule has 1 saturated carbocycles. The Hall–Kier alpha value is -2.56. The lowest BCUT2D eigenvalue weighted by Crippen LogP contribution is -2.37. The van der Waals surface area contributed by atoms with Gasteiger partial charge in [-0.15, -0.1) is 10.2 Å². The first kappa shape index (κ1) is 14.1. The van der Waals surface area contributed by atoms with E-state index < -0.39 is 0 Å². The van der Waals surface area contributed by atoms with Crippen LogP contribution in [0, 0.1) is 5.41 Å². The average molecular weight is 306 g/mol. The van der Waals surface area contributed by atoms with Gasteiger partial charge in [0, 0.05) is 18.2 Å². The Balaban J connectivity index is 1.63. The van der Waals surface area contributed by atoms with Gasteiger partial charge in [0.2, 0.25) is 0 Å². The zero-order valence-corrected chi connectivity index (χ0v) is 13.4. The van der Waals surface area contributed by atoms with E-state index in [2.05, 4.69) is 41.3 Å². The minimum atomic E-state index is -0.195. The molecule has 0 aromatic carbocycles. The maximum atomic E-state index is 12.7. The van der Waals surface area contributed by atoms with Crippen molar-refractivity contribution >= 4 is 5.91 Å². The summed E-state index contributed by atoms with van der Waals surface area (Å²) < 4.78 is 0. The van der Waals surface area contributed by atoms with Crippen molar-refractivity contribution in [3.8, 4) is 0 Å². The third kappa shape index (κ3) is 2.32. The standard InChI is InChI=1S/C18H18N4O/c1-18(2,3)16(13-6-4-5-7-19-13)20-17(23)15-12-9-10-8-11(10)14(12)21-22-15/h4-7,9,16H,8H2,1-3H3,(H,20,23)/t16-/m1/s1. The van der Waals surface area contributed by atoms with Gasteiger partial charge in [0.1, 0.15) is 0 Å². The molecule has 1 N–H and O–H groups in total. The molecule has 0 spiro atoms. The molecule has 1 fully saturated rings. The van der Waals surface area contributed by atoms with E-state index in [0.717, 1.165) is 23.4 Å². The number of azo groups is 1. The van der Waals surface area contributed by atoms with Gasteiger partial charge in [-0.05, 0) is 34.8 Å². The molecule has 5 heteroatoms. The SMILES string of the molecule is CC(C)(C)[C@H](NC(=O)C1=C2C=C3CC3=C2N=N1)c1ccccn1. The van der Waals surface area contributed by atoms with Crippen LogP contribution in [0.1, 0.15) is 38.9 Å². The Morgan fingerprint density at radius 3 is 2.78 bits per heavy atom. The molecule has 1 aliphatic heterocycles. The van der Waals surface area contributed by atoms with Gasteiger partial charge in [-0.2, -0.15) is 0 Å². The van der Waals surface area contributed by atoms with Crippen LogP contribution in [-0.2, 0) is 4.79 Å². The highest BCUT2D eigenvalue weighted by Crippen LogP contribution is 2.51. The van der Waals surface area contributed by atoms with Gasteiger partial charge in [0.25, 0.3) is 5.91 Å². The molecule has 0 radical (unpaired) electrons. The van der Waals surface area contributed by atoms with E-state index in [-0.39, 0.29) is 17.4 Å². The maximum absolute atomic E-state index is 12.7. The van der Waals surface area contributed by atoms with Crippen LogP contribution in [0.5, 0.6) is 0 Å². The van der Waals surface area contributed by atoms with Crippen LogP contribution in [0.2, 0.25) is 0 Å². The molecule has 5 nitrogen and oxygen atoms in total. The second-order valence-corrected chi connectivity index (χ2v) is 7.16. The van der Waals surface area contributed by atoms with Gasteiger partial charge in [0.15, 0.2) is 5.70 Å². The zero-order chi connectivity index (χ0) is 16.2. The second kappa shape index (κ2) is 4.72. The Morgan fingerprint density at radius 1 is 1.26 bits per heavy atom. The Morgan fingerprint density at radius 2 is 2.09 bits per heavy atom. The Bertz CT molecular complexity index is 822. The summed E-state index contributed by atoms with van der Waals surface area (Å²) >= 11 is 0. The van der Waals surface area contributed by atoms with E-state index in [1.807, 2.05) is 24.3 Å². The van der Waals surface area contributed by atoms with Gasteiger partial charge in [-0.25, -0.2) is 0 Å². The molecule has 4 rings (SSSR count). The normalized spacial score (nSPS) is 19.5. The van der Waals surface area contributed by atoms with Crippen LogP contribution >= 0.6 is 0 Å². The Labute approximate surface area is 134 Å². The number of nitrogens with zero attached hydrogens (tertiary/aromatic N) is 3. The fourth-order valence-corrected chi connectivity index (χ4v) is 3.02. The van der Waals surface area contributed by atoms with Crippen molar-refractivity contribution in [2.75, 3.05) is 0 Å². The van der Waals surface area contributed by atoms with Gasteiger partial charge in [-0.3, -0.25) is 9.78 Å². The van der Waals surface area contributed by atoms with Gasteiger partial charge in [0.05, 0.1) is 17.4 Å². The highest BCUT2D eigenvalue weighted by atomic mass is 16.2. The van der Waals surface area contributed by atoms with E-state index >= 15 is 0 Å². The molecule has 1 atom stereocenters. The van der Waals surface area contributed by atoms with E-state index in [4.69, 9.17) is 0 Å². The predicted octanol–water partition coefficient (Wildman–Crippen LogP) is 3.60. The zero-order valence-electron chi connectivity index (χ0n) is 13.4. The maximum Gasteiger partial charge on any atom is 0.273 e. The molecule has 116 valence electrons. The summed E-state index contributed by atoms with van der Waals surface area (Å²) in [5.74, 6) is -0.192. The molecular formula is C18H18N4O. The number of carbonyl (C=O) groups is 1. The summed E-state index contributed by atoms with van der Waals surface area (Å²) in [5, 5.41) is 11.4. The van der Waals surface area contributed by atoms with Crippen molar-refractivity contribution in [1.82, 2.24) is 10.3 Å². The number of carbonyl (C=O) groups excluding carboxylic acids is 1. The van der Waals surface area contributed by atoms with Crippen LogP contribution < -0.4 is 5.32 Å². The van der Waals surface area contributed by atoms with Crippen molar-refractivity contribution < 1.29 is 4.79 Å². The topological polar surface area (TPSA) is 66.7 Å². The summed E-state index contributed by atoms with van der Waals surface area (Å²) in [4.78, 5) is 17.1. The lowest BCUT2D eigenvalue weighted by Gasteiger charge is -2.31. The Kier molecular flexibility index (Phi) is 2.88. The van der Waals surface area contributed by atoms with Crippen LogP contribution in [0.3, 0.4) is 0 Å². The van der Waals surface area contributed by atoms with Crippen molar-refractivity contribution in [2.24, 2.45) is 15.6 Å². The average Bonchev–Trinajstić information content (AvgIpc) is 2.99. The van der Waals surface area contributed by atoms with Crippen molar-refractivity contribution in [1.29, 1.82) is 0 Å². The minimum Gasteiger partial charge on any atom is -0.342 e. The van der Waals surface area contributed by atoms with Gasteiger partial charge >= 0.3 is 0 Å². The lowest BCUT2D eigenvalue weighted by molar-refractivity contribution is -0.119. The fraction of sp³-hybridized carbons (Fsp3) is 0.333. The lowest BCUT2D eigenvalue weighted by atomic mass is 9.84. The summed E-state index contributed by atoms with van der Waals surface area (Å²) in [6.07, 6.45) is 4.77. The fourth-order valence-electron chi connectivity index (χ4n) is 3.02. The molecular weight excluding hydrogens is 288 g/mol. The largest absolute Gasteiger partial charge is 0.342 e. The third-order valence-electron chi connectivity index (χ3n) is 4.33. The predicted molar refractivity (Wildman–Crippen MR) is 86.2 cm³/mol. The number of rotatable bonds is 3. The smallest absolute Gasteiger partial charge is 0.273 e. The summed E-state index contributed by atoms with van der Waals surface area (Å²) in [6, 6.07) is 5.54. The van der Waals surface area contributed by atoms with Crippen molar-refractivity contribution in [3.63, 3.8) is 0 Å². The molecule has 2 heterocycles. The summed E-state index contributed by atoms with van der Waals surface area (Å²) in [7, 11) is 0. The second-order valence-electron chi connectivity index (χ2n) is 7.16. The molecule has 1 amide bonds. The first-order valence-corrected chi connectivity index (χ1v) is 7.77. The summed E-state index contributed by atoms with van der Waals surface area (Å²) in [5.41, 5.74) is 5.38. The van der Waals surface area contributed by atoms with Crippen molar-refractivity contribution in [2.45, 2.75) is 33.2 Å². The highest BCUT2D eigenvalue weighted by Gasteiger charge is 2.39.